The number of hydrogen-bond donors (Lipinski definition) is 0. The van der Waals surface area contributed by atoms with E-state index in [9.17, 15) is 0 Å². The van der Waals surface area contributed by atoms with Gasteiger partial charge in [0.25, 0.3) is 0 Å². The highest BCUT2D eigenvalue weighted by Gasteiger charge is 1.89. The molecule has 0 fully saturated rings. The summed E-state index contributed by atoms with van der Waals surface area (Å²) >= 11 is 0. The largest absolute Gasteiger partial charge is 0.497 e. The first-order valence-electron chi connectivity index (χ1n) is 3.20. The quantitative estimate of drug-likeness (QED) is 0.462. The van der Waals surface area contributed by atoms with Gasteiger partial charge < -0.3 is 4.74 Å². The molecule has 0 atom stereocenters. The molecule has 0 amide bonds. The van der Waals surface area contributed by atoms with Crippen LogP contribution < -0.4 is 10.6 Å². The van der Waals surface area contributed by atoms with Gasteiger partial charge in [-0.2, -0.15) is 5.10 Å². The van der Waals surface area contributed by atoms with Crippen LogP contribution >= 0.6 is 0 Å². The van der Waals surface area contributed by atoms with Gasteiger partial charge in [0, 0.05) is 0 Å². The predicted molar refractivity (Wildman–Crippen MR) is 43.7 cm³/mol. The van der Waals surface area contributed by atoms with Gasteiger partial charge in [-0.1, -0.05) is 0 Å². The van der Waals surface area contributed by atoms with E-state index in [2.05, 4.69) is 5.10 Å². The molecule has 57 valence electrons. The number of ether oxygens (including phenoxy) is 1. The van der Waals surface area contributed by atoms with Crippen LogP contribution in [0.4, 0.5) is 0 Å². The molecule has 1 radical (unpaired) electrons. The Balaban J connectivity index is 2.82. The minimum atomic E-state index is 0.812. The molecule has 0 saturated heterocycles. The van der Waals surface area contributed by atoms with Gasteiger partial charge in [-0.3, -0.25) is 0 Å². The van der Waals surface area contributed by atoms with Crippen molar-refractivity contribution < 1.29 is 4.74 Å². The third-order valence-electron chi connectivity index (χ3n) is 1.33. The summed E-state index contributed by atoms with van der Waals surface area (Å²) in [5.41, 5.74) is 0.904. The molecule has 1 aromatic rings. The molecule has 1 N–H and O–H groups in total. The van der Waals surface area contributed by atoms with Crippen molar-refractivity contribution in [1.82, 2.24) is 5.84 Å². The standard InChI is InChI=1S/C8H9N2O/c1-11-8-4-2-7(3-5-8)6-10-9/h2-6,9H,1H3. The van der Waals surface area contributed by atoms with Crippen LogP contribution in [0.1, 0.15) is 5.56 Å². The predicted octanol–water partition coefficient (Wildman–Crippen LogP) is 1.31. The van der Waals surface area contributed by atoms with E-state index < -0.39 is 0 Å². The zero-order chi connectivity index (χ0) is 8.10. The van der Waals surface area contributed by atoms with Crippen LogP contribution in [0.3, 0.4) is 0 Å². The molecule has 0 aromatic heterocycles. The van der Waals surface area contributed by atoms with E-state index in [1.54, 1.807) is 7.11 Å². The summed E-state index contributed by atoms with van der Waals surface area (Å²) < 4.78 is 4.96. The van der Waals surface area contributed by atoms with Crippen LogP contribution in [-0.4, -0.2) is 13.3 Å². The third-order valence-corrected chi connectivity index (χ3v) is 1.33. The number of methoxy groups -OCH3 is 1. The Morgan fingerprint density at radius 1 is 1.36 bits per heavy atom. The van der Waals surface area contributed by atoms with Crippen molar-refractivity contribution in [2.45, 2.75) is 0 Å². The van der Waals surface area contributed by atoms with Gasteiger partial charge in [0.1, 0.15) is 5.75 Å². The summed E-state index contributed by atoms with van der Waals surface area (Å²) in [6.07, 6.45) is 1.47. The fraction of sp³-hybridized carbons (Fsp3) is 0.125. The Morgan fingerprint density at radius 2 is 2.00 bits per heavy atom. The molecule has 1 rings (SSSR count). The van der Waals surface area contributed by atoms with Crippen LogP contribution in [-0.2, 0) is 0 Å². The van der Waals surface area contributed by atoms with Crippen molar-refractivity contribution in [3.05, 3.63) is 29.8 Å². The molecule has 0 bridgehead atoms. The SMILES string of the molecule is COc1ccc(C=N[NH])cc1. The molecule has 1 aromatic carbocycles. The number of benzene rings is 1. The van der Waals surface area contributed by atoms with E-state index in [-0.39, 0.29) is 0 Å². The highest BCUT2D eigenvalue weighted by atomic mass is 16.5. The van der Waals surface area contributed by atoms with E-state index in [4.69, 9.17) is 10.6 Å². The van der Waals surface area contributed by atoms with Gasteiger partial charge >= 0.3 is 0 Å². The first kappa shape index (κ1) is 7.60. The molecule has 3 heteroatoms. The lowest BCUT2D eigenvalue weighted by atomic mass is 10.2. The maximum absolute atomic E-state index is 6.58. The van der Waals surface area contributed by atoms with Crippen molar-refractivity contribution in [2.75, 3.05) is 7.11 Å². The van der Waals surface area contributed by atoms with Gasteiger partial charge in [0.2, 0.25) is 0 Å². The van der Waals surface area contributed by atoms with Crippen molar-refractivity contribution in [3.63, 3.8) is 0 Å². The van der Waals surface area contributed by atoms with Crippen molar-refractivity contribution >= 4 is 6.21 Å². The van der Waals surface area contributed by atoms with Crippen LogP contribution in [0.15, 0.2) is 29.4 Å². The summed E-state index contributed by atoms with van der Waals surface area (Å²) in [6.45, 7) is 0. The molecule has 0 aliphatic rings. The Labute approximate surface area is 65.5 Å². The molecule has 0 saturated carbocycles. The average Bonchev–Trinajstić information content (AvgIpc) is 2.07. The Morgan fingerprint density at radius 3 is 2.45 bits per heavy atom. The Kier molecular flexibility index (Phi) is 2.49. The molecule has 0 aliphatic heterocycles. The molecular formula is C8H9N2O. The van der Waals surface area contributed by atoms with Crippen molar-refractivity contribution in [1.29, 1.82) is 0 Å². The van der Waals surface area contributed by atoms with E-state index in [1.807, 2.05) is 24.3 Å². The fourth-order valence-electron chi connectivity index (χ4n) is 0.765. The summed E-state index contributed by atoms with van der Waals surface area (Å²) in [7, 11) is 1.62. The Bertz CT molecular complexity index is 241. The number of rotatable bonds is 2. The molecular weight excluding hydrogens is 140 g/mol. The van der Waals surface area contributed by atoms with E-state index in [1.165, 1.54) is 6.21 Å². The molecule has 0 unspecified atom stereocenters. The number of hydrogen-bond acceptors (Lipinski definition) is 2. The minimum absolute atomic E-state index is 0.812. The van der Waals surface area contributed by atoms with Crippen LogP contribution in [0.2, 0.25) is 0 Å². The lowest BCUT2D eigenvalue weighted by Crippen LogP contribution is -1.84. The van der Waals surface area contributed by atoms with Crippen LogP contribution in [0, 0.1) is 0 Å². The van der Waals surface area contributed by atoms with Crippen LogP contribution in [0.25, 0.3) is 0 Å². The smallest absolute Gasteiger partial charge is 0.118 e. The monoisotopic (exact) mass is 149 g/mol. The topological polar surface area (TPSA) is 45.4 Å². The first-order valence-corrected chi connectivity index (χ1v) is 3.20. The molecule has 0 heterocycles. The maximum Gasteiger partial charge on any atom is 0.118 e. The van der Waals surface area contributed by atoms with Crippen molar-refractivity contribution in [2.24, 2.45) is 5.10 Å². The highest BCUT2D eigenvalue weighted by molar-refractivity contribution is 5.79. The lowest BCUT2D eigenvalue weighted by molar-refractivity contribution is 0.415. The van der Waals surface area contributed by atoms with Gasteiger partial charge in [-0.05, 0) is 29.8 Å². The minimum Gasteiger partial charge on any atom is -0.497 e. The fourth-order valence-corrected chi connectivity index (χ4v) is 0.765. The molecule has 0 spiro atoms. The first-order chi connectivity index (χ1) is 5.36. The zero-order valence-corrected chi connectivity index (χ0v) is 6.24. The van der Waals surface area contributed by atoms with E-state index in [0.29, 0.717) is 0 Å². The van der Waals surface area contributed by atoms with E-state index >= 15 is 0 Å². The van der Waals surface area contributed by atoms with Crippen LogP contribution in [0.5, 0.6) is 5.75 Å². The van der Waals surface area contributed by atoms with E-state index in [0.717, 1.165) is 11.3 Å². The van der Waals surface area contributed by atoms with Gasteiger partial charge in [0.05, 0.1) is 13.3 Å². The summed E-state index contributed by atoms with van der Waals surface area (Å²) in [4.78, 5) is 0. The Hall–Kier alpha value is -1.51. The molecule has 3 nitrogen and oxygen atoms in total. The second-order valence-corrected chi connectivity index (χ2v) is 2.03. The average molecular weight is 149 g/mol. The second kappa shape index (κ2) is 3.61. The number of nitrogens with one attached hydrogen (secondary N) is 1. The van der Waals surface area contributed by atoms with Gasteiger partial charge in [-0.25, -0.2) is 5.84 Å². The molecule has 11 heavy (non-hydrogen) atoms. The highest BCUT2D eigenvalue weighted by Crippen LogP contribution is 2.09. The van der Waals surface area contributed by atoms with Gasteiger partial charge in [0.15, 0.2) is 0 Å². The normalized spacial score (nSPS) is 10.3. The second-order valence-electron chi connectivity index (χ2n) is 2.03. The summed E-state index contributed by atoms with van der Waals surface area (Å²) in [5, 5.41) is 3.15. The summed E-state index contributed by atoms with van der Waals surface area (Å²) in [5.74, 6) is 7.39. The van der Waals surface area contributed by atoms with Crippen molar-refractivity contribution in [3.8, 4) is 5.75 Å². The lowest BCUT2D eigenvalue weighted by Gasteiger charge is -1.97. The maximum atomic E-state index is 6.58. The third kappa shape index (κ3) is 1.97. The zero-order valence-electron chi connectivity index (χ0n) is 6.24. The molecule has 0 aliphatic carbocycles. The summed E-state index contributed by atoms with van der Waals surface area (Å²) in [6, 6.07) is 7.35. The number of nitrogens with zero attached hydrogens (tertiary/aromatic N) is 1. The van der Waals surface area contributed by atoms with Gasteiger partial charge in [-0.15, -0.1) is 0 Å².